The summed E-state index contributed by atoms with van der Waals surface area (Å²) in [5.74, 6) is 0.142. The van der Waals surface area contributed by atoms with E-state index in [1.165, 1.54) is 11.1 Å². The summed E-state index contributed by atoms with van der Waals surface area (Å²) in [5.41, 5.74) is 2.13. The summed E-state index contributed by atoms with van der Waals surface area (Å²) in [5, 5.41) is 6.30. The van der Waals surface area contributed by atoms with Crippen molar-refractivity contribution in [2.75, 3.05) is 33.4 Å². The molecule has 0 aliphatic heterocycles. The van der Waals surface area contributed by atoms with E-state index in [0.717, 1.165) is 32.4 Å². The fourth-order valence-corrected chi connectivity index (χ4v) is 3.04. The number of hydrogen-bond donors (Lipinski definition) is 2. The number of aryl methyl sites for hydroxylation is 1. The van der Waals surface area contributed by atoms with Gasteiger partial charge in [-0.1, -0.05) is 24.3 Å². The number of methoxy groups -OCH3 is 1. The van der Waals surface area contributed by atoms with Crippen LogP contribution in [0.15, 0.2) is 24.3 Å². The monoisotopic (exact) mass is 326 g/mol. The third-order valence-electron chi connectivity index (χ3n) is 4.31. The van der Waals surface area contributed by atoms with Gasteiger partial charge in [0.05, 0.1) is 12.0 Å². The molecule has 1 amide bonds. The minimum Gasteiger partial charge on any atom is -0.383 e. The Bertz CT molecular complexity index is 481. The lowest BCUT2D eigenvalue weighted by molar-refractivity contribution is -0.126. The van der Waals surface area contributed by atoms with Crippen LogP contribution in [0.1, 0.15) is 30.9 Å². The largest absolute Gasteiger partial charge is 0.383 e. The number of nitrogens with one attached hydrogen (secondary N) is 2. The molecular weight excluding hydrogens is 300 g/mol. The van der Waals surface area contributed by atoms with Crippen LogP contribution in [0, 0.1) is 0 Å². The van der Waals surface area contributed by atoms with E-state index in [0.29, 0.717) is 13.2 Å². The average Bonchev–Trinajstić information content (AvgIpc) is 2.51. The van der Waals surface area contributed by atoms with Crippen LogP contribution < -0.4 is 10.6 Å². The van der Waals surface area contributed by atoms with Crippen molar-refractivity contribution >= 4 is 18.3 Å². The molecule has 1 unspecified atom stereocenters. The van der Waals surface area contributed by atoms with Gasteiger partial charge in [0.15, 0.2) is 0 Å². The summed E-state index contributed by atoms with van der Waals surface area (Å²) in [6.07, 6.45) is 3.08. The number of amides is 1. The molecule has 5 heteroatoms. The van der Waals surface area contributed by atoms with Crippen LogP contribution >= 0.6 is 12.4 Å². The lowest BCUT2D eigenvalue weighted by Gasteiger charge is -2.34. The van der Waals surface area contributed by atoms with Crippen molar-refractivity contribution in [2.24, 2.45) is 0 Å². The minimum absolute atomic E-state index is 0. The molecule has 1 atom stereocenters. The number of rotatable bonds is 7. The highest BCUT2D eigenvalue weighted by molar-refractivity contribution is 5.88. The number of benzene rings is 1. The Morgan fingerprint density at radius 2 is 2.05 bits per heavy atom. The van der Waals surface area contributed by atoms with Gasteiger partial charge in [0.25, 0.3) is 0 Å². The van der Waals surface area contributed by atoms with Crippen LogP contribution in [-0.4, -0.2) is 39.3 Å². The lowest BCUT2D eigenvalue weighted by atomic mass is 9.70. The van der Waals surface area contributed by atoms with Crippen molar-refractivity contribution in [1.29, 1.82) is 0 Å². The first-order valence-electron chi connectivity index (χ1n) is 7.75. The predicted octanol–water partition coefficient (Wildman–Crippen LogP) is 2.05. The number of carbonyl (C=O) groups excluding carboxylic acids is 1. The molecule has 0 saturated heterocycles. The van der Waals surface area contributed by atoms with Gasteiger partial charge in [-0.2, -0.15) is 0 Å². The number of ether oxygens (including phenoxy) is 1. The smallest absolute Gasteiger partial charge is 0.230 e. The van der Waals surface area contributed by atoms with Crippen molar-refractivity contribution in [3.8, 4) is 0 Å². The molecule has 0 radical (unpaired) electrons. The third-order valence-corrected chi connectivity index (χ3v) is 4.31. The number of carbonyl (C=O) groups is 1. The topological polar surface area (TPSA) is 50.4 Å². The summed E-state index contributed by atoms with van der Waals surface area (Å²) in [6, 6.07) is 8.33. The van der Waals surface area contributed by atoms with Gasteiger partial charge in [-0.3, -0.25) is 4.79 Å². The average molecular weight is 327 g/mol. The molecule has 0 spiro atoms. The van der Waals surface area contributed by atoms with Gasteiger partial charge < -0.3 is 15.4 Å². The highest BCUT2D eigenvalue weighted by Crippen LogP contribution is 2.37. The molecule has 0 saturated carbocycles. The number of fused-ring (bicyclic) bond motifs is 1. The van der Waals surface area contributed by atoms with Crippen LogP contribution in [0.5, 0.6) is 0 Å². The Labute approximate surface area is 139 Å². The zero-order valence-electron chi connectivity index (χ0n) is 13.5. The fourth-order valence-electron chi connectivity index (χ4n) is 3.04. The molecule has 22 heavy (non-hydrogen) atoms. The third kappa shape index (κ3) is 4.45. The van der Waals surface area contributed by atoms with Crippen molar-refractivity contribution in [3.63, 3.8) is 0 Å². The van der Waals surface area contributed by atoms with E-state index in [1.807, 2.05) is 6.07 Å². The van der Waals surface area contributed by atoms with Gasteiger partial charge in [0.2, 0.25) is 5.91 Å². The van der Waals surface area contributed by atoms with Gasteiger partial charge in [-0.25, -0.2) is 0 Å². The Morgan fingerprint density at radius 3 is 2.82 bits per heavy atom. The molecule has 4 nitrogen and oxygen atoms in total. The first kappa shape index (κ1) is 18.9. The second kappa shape index (κ2) is 9.13. The van der Waals surface area contributed by atoms with Crippen molar-refractivity contribution in [2.45, 2.75) is 31.6 Å². The maximum atomic E-state index is 12.6. The molecule has 0 fully saturated rings. The molecule has 1 aromatic carbocycles. The van der Waals surface area contributed by atoms with E-state index in [2.05, 4.69) is 35.8 Å². The summed E-state index contributed by atoms with van der Waals surface area (Å²) < 4.78 is 4.97. The number of hydrogen-bond acceptors (Lipinski definition) is 3. The molecule has 0 bridgehead atoms. The first-order chi connectivity index (χ1) is 10.2. The predicted molar refractivity (Wildman–Crippen MR) is 91.7 cm³/mol. The van der Waals surface area contributed by atoms with Gasteiger partial charge >= 0.3 is 0 Å². The van der Waals surface area contributed by atoms with E-state index in [9.17, 15) is 4.79 Å². The van der Waals surface area contributed by atoms with Crippen LogP contribution in [0.4, 0.5) is 0 Å². The molecule has 1 aliphatic carbocycles. The van der Waals surface area contributed by atoms with E-state index in [-0.39, 0.29) is 23.7 Å². The molecule has 2 N–H and O–H groups in total. The first-order valence-corrected chi connectivity index (χ1v) is 7.75. The Balaban J connectivity index is 0.00000242. The van der Waals surface area contributed by atoms with Crippen molar-refractivity contribution < 1.29 is 9.53 Å². The second-order valence-electron chi connectivity index (χ2n) is 5.84. The zero-order chi connectivity index (χ0) is 15.1. The van der Waals surface area contributed by atoms with Crippen LogP contribution in [0.2, 0.25) is 0 Å². The van der Waals surface area contributed by atoms with Crippen molar-refractivity contribution in [3.05, 3.63) is 35.4 Å². The molecule has 1 aliphatic rings. The summed E-state index contributed by atoms with van der Waals surface area (Å²) in [7, 11) is 1.69. The standard InChI is InChI=1S/C17H26N2O2.ClH/c1-17(16(20)19-11-10-18-12-13-21-2)9-5-7-14-6-3-4-8-15(14)17;/h3-4,6,8,18H,5,7,9-13H2,1-2H3,(H,19,20);1H. The SMILES string of the molecule is COCCNCCNC(=O)C1(C)CCCc2ccccc21.Cl. The molecule has 2 rings (SSSR count). The summed E-state index contributed by atoms with van der Waals surface area (Å²) >= 11 is 0. The van der Waals surface area contributed by atoms with E-state index < -0.39 is 0 Å². The number of halogens is 1. The van der Waals surface area contributed by atoms with Crippen molar-refractivity contribution in [1.82, 2.24) is 10.6 Å². The summed E-state index contributed by atoms with van der Waals surface area (Å²) in [4.78, 5) is 12.6. The van der Waals surface area contributed by atoms with Crippen LogP contribution in [0.3, 0.4) is 0 Å². The second-order valence-corrected chi connectivity index (χ2v) is 5.84. The fraction of sp³-hybridized carbons (Fsp3) is 0.588. The Morgan fingerprint density at radius 1 is 1.27 bits per heavy atom. The van der Waals surface area contributed by atoms with Gasteiger partial charge in [0.1, 0.15) is 0 Å². The maximum Gasteiger partial charge on any atom is 0.230 e. The van der Waals surface area contributed by atoms with E-state index in [1.54, 1.807) is 7.11 Å². The maximum absolute atomic E-state index is 12.6. The van der Waals surface area contributed by atoms with E-state index >= 15 is 0 Å². The van der Waals surface area contributed by atoms with Crippen LogP contribution in [-0.2, 0) is 21.4 Å². The highest BCUT2D eigenvalue weighted by atomic mass is 35.5. The summed E-state index contributed by atoms with van der Waals surface area (Å²) in [6.45, 7) is 5.00. The molecular formula is C17H27ClN2O2. The molecule has 1 aromatic rings. The molecule has 124 valence electrons. The quantitative estimate of drug-likeness (QED) is 0.754. The lowest BCUT2D eigenvalue weighted by Crippen LogP contribution is -2.46. The van der Waals surface area contributed by atoms with Gasteiger partial charge in [-0.15, -0.1) is 12.4 Å². The molecule has 0 aromatic heterocycles. The zero-order valence-corrected chi connectivity index (χ0v) is 14.3. The Kier molecular flexibility index (Phi) is 7.87. The van der Waals surface area contributed by atoms with Crippen LogP contribution in [0.25, 0.3) is 0 Å². The Hall–Kier alpha value is -1.10. The highest BCUT2D eigenvalue weighted by Gasteiger charge is 2.38. The van der Waals surface area contributed by atoms with Gasteiger partial charge in [0, 0.05) is 26.7 Å². The molecule has 0 heterocycles. The normalized spacial score (nSPS) is 19.9. The van der Waals surface area contributed by atoms with Gasteiger partial charge in [-0.05, 0) is 37.3 Å². The minimum atomic E-state index is -0.388. The van der Waals surface area contributed by atoms with E-state index in [4.69, 9.17) is 4.74 Å².